The number of aromatic nitrogens is 4. The predicted molar refractivity (Wildman–Crippen MR) is 91.8 cm³/mol. The molecular weight excluding hydrogens is 302 g/mol. The molecule has 1 amide bonds. The number of carbonyl (C=O) groups excluding carboxylic acids is 1. The van der Waals surface area contributed by atoms with Gasteiger partial charge in [0.2, 0.25) is 0 Å². The Morgan fingerprint density at radius 1 is 1.29 bits per heavy atom. The highest BCUT2D eigenvalue weighted by Crippen LogP contribution is 2.27. The van der Waals surface area contributed by atoms with Crippen LogP contribution in [0, 0.1) is 12.8 Å². The number of carbonyl (C=O) groups is 1. The summed E-state index contributed by atoms with van der Waals surface area (Å²) >= 11 is 0. The van der Waals surface area contributed by atoms with Crippen LogP contribution in [0.25, 0.3) is 11.0 Å². The molecule has 0 saturated heterocycles. The highest BCUT2D eigenvalue weighted by atomic mass is 16.1. The van der Waals surface area contributed by atoms with Crippen molar-refractivity contribution in [2.75, 3.05) is 6.54 Å². The van der Waals surface area contributed by atoms with Gasteiger partial charge in [0.15, 0.2) is 0 Å². The molecule has 124 valence electrons. The van der Waals surface area contributed by atoms with Gasteiger partial charge in [-0.1, -0.05) is 12.1 Å². The molecule has 1 N–H and O–H groups in total. The maximum absolute atomic E-state index is 12.1. The van der Waals surface area contributed by atoms with Crippen LogP contribution in [0.1, 0.15) is 34.5 Å². The summed E-state index contributed by atoms with van der Waals surface area (Å²) in [6.07, 6.45) is 4.33. The van der Waals surface area contributed by atoms with E-state index in [1.165, 1.54) is 12.8 Å². The molecule has 0 unspecified atom stereocenters. The van der Waals surface area contributed by atoms with Crippen LogP contribution in [0.15, 0.2) is 30.5 Å². The lowest BCUT2D eigenvalue weighted by atomic mass is 10.1. The van der Waals surface area contributed by atoms with Crippen molar-refractivity contribution in [2.45, 2.75) is 26.3 Å². The molecule has 2 heterocycles. The zero-order valence-electron chi connectivity index (χ0n) is 14.0. The van der Waals surface area contributed by atoms with E-state index in [1.807, 2.05) is 53.8 Å². The van der Waals surface area contributed by atoms with E-state index in [-0.39, 0.29) is 5.91 Å². The molecule has 0 radical (unpaired) electrons. The van der Waals surface area contributed by atoms with Gasteiger partial charge < -0.3 is 5.32 Å². The van der Waals surface area contributed by atoms with Gasteiger partial charge in [0.25, 0.3) is 5.91 Å². The Morgan fingerprint density at radius 2 is 2.04 bits per heavy atom. The summed E-state index contributed by atoms with van der Waals surface area (Å²) in [5, 5.41) is 11.9. The minimum Gasteiger partial charge on any atom is -0.352 e. The molecule has 2 aromatic heterocycles. The van der Waals surface area contributed by atoms with Crippen molar-refractivity contribution in [3.63, 3.8) is 0 Å². The van der Waals surface area contributed by atoms with Gasteiger partial charge in [-0.3, -0.25) is 14.2 Å². The maximum Gasteiger partial charge on any atom is 0.251 e. The van der Waals surface area contributed by atoms with Crippen molar-refractivity contribution >= 4 is 16.9 Å². The molecule has 1 fully saturated rings. The molecule has 1 saturated carbocycles. The quantitative estimate of drug-likeness (QED) is 0.783. The van der Waals surface area contributed by atoms with E-state index in [0.717, 1.165) is 28.8 Å². The summed E-state index contributed by atoms with van der Waals surface area (Å²) in [6.45, 7) is 3.46. The first-order valence-corrected chi connectivity index (χ1v) is 8.34. The number of amides is 1. The van der Waals surface area contributed by atoms with Crippen LogP contribution in [0.3, 0.4) is 0 Å². The zero-order chi connectivity index (χ0) is 16.7. The average Bonchev–Trinajstić information content (AvgIpc) is 3.24. The molecule has 24 heavy (non-hydrogen) atoms. The molecule has 1 aromatic carbocycles. The van der Waals surface area contributed by atoms with E-state index in [4.69, 9.17) is 0 Å². The Bertz CT molecular complexity index is 886. The van der Waals surface area contributed by atoms with Crippen molar-refractivity contribution in [1.29, 1.82) is 0 Å². The third kappa shape index (κ3) is 2.79. The third-order valence-electron chi connectivity index (χ3n) is 4.61. The van der Waals surface area contributed by atoms with Crippen molar-refractivity contribution in [3.8, 4) is 0 Å². The molecule has 0 bridgehead atoms. The Morgan fingerprint density at radius 3 is 2.75 bits per heavy atom. The van der Waals surface area contributed by atoms with Gasteiger partial charge in [-0.2, -0.15) is 10.2 Å². The Hall–Kier alpha value is -2.63. The fraction of sp³-hybridized carbons (Fsp3) is 0.389. The lowest BCUT2D eigenvalue weighted by Crippen LogP contribution is -2.25. The second-order valence-electron chi connectivity index (χ2n) is 6.60. The second-order valence-corrected chi connectivity index (χ2v) is 6.60. The summed E-state index contributed by atoms with van der Waals surface area (Å²) in [7, 11) is 1.93. The van der Waals surface area contributed by atoms with Crippen LogP contribution in [0.5, 0.6) is 0 Å². The average molecular weight is 323 g/mol. The SMILES string of the molecule is Cc1nn(C)c2cnn(Cc3ccc(C(=O)NCC4CC4)cc3)c12. The van der Waals surface area contributed by atoms with Gasteiger partial charge in [-0.15, -0.1) is 0 Å². The van der Waals surface area contributed by atoms with E-state index >= 15 is 0 Å². The third-order valence-corrected chi connectivity index (χ3v) is 4.61. The first-order chi connectivity index (χ1) is 11.6. The molecule has 1 aliphatic rings. The van der Waals surface area contributed by atoms with E-state index in [1.54, 1.807) is 0 Å². The van der Waals surface area contributed by atoms with Crippen molar-refractivity contribution in [2.24, 2.45) is 13.0 Å². The molecule has 6 nitrogen and oxygen atoms in total. The van der Waals surface area contributed by atoms with E-state index < -0.39 is 0 Å². The maximum atomic E-state index is 12.1. The monoisotopic (exact) mass is 323 g/mol. The number of hydrogen-bond donors (Lipinski definition) is 1. The standard InChI is InChI=1S/C18H21N5O/c1-12-17-16(22(2)21-12)10-20-23(17)11-14-5-7-15(8-6-14)18(24)19-9-13-3-4-13/h5-8,10,13H,3-4,9,11H2,1-2H3,(H,19,24). The van der Waals surface area contributed by atoms with Crippen molar-refractivity contribution in [1.82, 2.24) is 24.9 Å². The molecular formula is C18H21N5O. The lowest BCUT2D eigenvalue weighted by molar-refractivity contribution is 0.0952. The minimum atomic E-state index is 0.0121. The molecule has 0 atom stereocenters. The normalized spacial score (nSPS) is 14.2. The number of hydrogen-bond acceptors (Lipinski definition) is 3. The van der Waals surface area contributed by atoms with Crippen LogP contribution < -0.4 is 5.32 Å². The summed E-state index contributed by atoms with van der Waals surface area (Å²) < 4.78 is 3.81. The largest absolute Gasteiger partial charge is 0.352 e. The Labute approximate surface area is 140 Å². The summed E-state index contributed by atoms with van der Waals surface area (Å²) in [4.78, 5) is 12.1. The van der Waals surface area contributed by atoms with E-state index in [0.29, 0.717) is 18.0 Å². The molecule has 3 aromatic rings. The number of nitrogens with one attached hydrogen (secondary N) is 1. The number of rotatable bonds is 5. The molecule has 0 spiro atoms. The van der Waals surface area contributed by atoms with Gasteiger partial charge in [0, 0.05) is 19.2 Å². The number of aryl methyl sites for hydroxylation is 2. The minimum absolute atomic E-state index is 0.0121. The highest BCUT2D eigenvalue weighted by molar-refractivity contribution is 5.94. The van der Waals surface area contributed by atoms with Gasteiger partial charge >= 0.3 is 0 Å². The summed E-state index contributed by atoms with van der Waals surface area (Å²) in [5.74, 6) is 0.705. The molecule has 6 heteroatoms. The summed E-state index contributed by atoms with van der Waals surface area (Å²) in [6, 6.07) is 7.75. The van der Waals surface area contributed by atoms with Gasteiger partial charge in [0.05, 0.1) is 18.4 Å². The van der Waals surface area contributed by atoms with Crippen LogP contribution in [-0.4, -0.2) is 32.0 Å². The lowest BCUT2D eigenvalue weighted by Gasteiger charge is -2.06. The van der Waals surface area contributed by atoms with E-state index in [9.17, 15) is 4.79 Å². The van der Waals surface area contributed by atoms with Crippen LogP contribution in [-0.2, 0) is 13.6 Å². The summed E-state index contributed by atoms with van der Waals surface area (Å²) in [5.41, 5.74) is 4.89. The molecule has 4 rings (SSSR count). The first kappa shape index (κ1) is 14.9. The zero-order valence-corrected chi connectivity index (χ0v) is 14.0. The van der Waals surface area contributed by atoms with Gasteiger partial charge in [-0.25, -0.2) is 0 Å². The number of nitrogens with zero attached hydrogens (tertiary/aromatic N) is 4. The number of benzene rings is 1. The Kier molecular flexibility index (Phi) is 3.59. The van der Waals surface area contributed by atoms with Crippen LogP contribution in [0.2, 0.25) is 0 Å². The molecule has 1 aliphatic carbocycles. The van der Waals surface area contributed by atoms with Gasteiger partial charge in [-0.05, 0) is 43.4 Å². The second kappa shape index (κ2) is 5.78. The predicted octanol–water partition coefficient (Wildman–Crippen LogP) is 2.27. The Balaban J connectivity index is 1.49. The number of fused-ring (bicyclic) bond motifs is 1. The van der Waals surface area contributed by atoms with Crippen molar-refractivity contribution < 1.29 is 4.79 Å². The van der Waals surface area contributed by atoms with Crippen molar-refractivity contribution in [3.05, 3.63) is 47.3 Å². The topological polar surface area (TPSA) is 64.7 Å². The van der Waals surface area contributed by atoms with Gasteiger partial charge in [0.1, 0.15) is 11.0 Å². The molecule has 0 aliphatic heterocycles. The van der Waals surface area contributed by atoms with E-state index in [2.05, 4.69) is 15.5 Å². The fourth-order valence-corrected chi connectivity index (χ4v) is 3.03. The fourth-order valence-electron chi connectivity index (χ4n) is 3.03. The van der Waals surface area contributed by atoms with Crippen LogP contribution in [0.4, 0.5) is 0 Å². The smallest absolute Gasteiger partial charge is 0.251 e. The van der Waals surface area contributed by atoms with Crippen LogP contribution >= 0.6 is 0 Å². The first-order valence-electron chi connectivity index (χ1n) is 8.34. The highest BCUT2D eigenvalue weighted by Gasteiger charge is 2.21.